The highest BCUT2D eigenvalue weighted by Crippen LogP contribution is 2.30. The largest absolute Gasteiger partial charge is 0.478 e. The van der Waals surface area contributed by atoms with Crippen molar-refractivity contribution in [2.24, 2.45) is 0 Å². The third kappa shape index (κ3) is 2.74. The van der Waals surface area contributed by atoms with Gasteiger partial charge in [-0.25, -0.2) is 4.79 Å². The van der Waals surface area contributed by atoms with E-state index in [0.29, 0.717) is 5.56 Å². The Balaban J connectivity index is 2.55. The van der Waals surface area contributed by atoms with E-state index in [9.17, 15) is 9.90 Å². The summed E-state index contributed by atoms with van der Waals surface area (Å²) in [7, 11) is 0. The SMILES string of the molecule is Cc1cccc(C(=O)O)c1-c1ccc(C(C)(C)C)cc1. The Bertz CT molecular complexity index is 631. The molecule has 104 valence electrons. The first-order valence-corrected chi connectivity index (χ1v) is 6.74. The molecule has 2 aromatic carbocycles. The second kappa shape index (κ2) is 5.12. The lowest BCUT2D eigenvalue weighted by Crippen LogP contribution is -2.10. The molecule has 0 heterocycles. The van der Waals surface area contributed by atoms with Gasteiger partial charge in [-0.3, -0.25) is 0 Å². The zero-order chi connectivity index (χ0) is 14.9. The van der Waals surface area contributed by atoms with E-state index in [2.05, 4.69) is 32.9 Å². The van der Waals surface area contributed by atoms with Crippen LogP contribution in [-0.2, 0) is 5.41 Å². The van der Waals surface area contributed by atoms with E-state index in [1.165, 1.54) is 5.56 Å². The van der Waals surface area contributed by atoms with Crippen molar-refractivity contribution in [1.29, 1.82) is 0 Å². The molecule has 0 saturated heterocycles. The van der Waals surface area contributed by atoms with Crippen LogP contribution in [0, 0.1) is 6.92 Å². The van der Waals surface area contributed by atoms with E-state index in [4.69, 9.17) is 0 Å². The summed E-state index contributed by atoms with van der Waals surface area (Å²) in [5.41, 5.74) is 4.43. The summed E-state index contributed by atoms with van der Waals surface area (Å²) in [5, 5.41) is 9.34. The molecule has 0 aliphatic carbocycles. The number of aryl methyl sites for hydroxylation is 1. The van der Waals surface area contributed by atoms with Gasteiger partial charge in [0, 0.05) is 0 Å². The maximum Gasteiger partial charge on any atom is 0.336 e. The molecule has 2 rings (SSSR count). The minimum Gasteiger partial charge on any atom is -0.478 e. The molecule has 0 fully saturated rings. The molecule has 0 aromatic heterocycles. The normalized spacial score (nSPS) is 11.4. The quantitative estimate of drug-likeness (QED) is 0.860. The number of benzene rings is 2. The van der Waals surface area contributed by atoms with Crippen LogP contribution in [0.5, 0.6) is 0 Å². The predicted octanol–water partition coefficient (Wildman–Crippen LogP) is 4.66. The van der Waals surface area contributed by atoms with Gasteiger partial charge in [0.05, 0.1) is 5.56 Å². The first kappa shape index (κ1) is 14.3. The first-order valence-electron chi connectivity index (χ1n) is 6.74. The lowest BCUT2D eigenvalue weighted by Gasteiger charge is -2.19. The van der Waals surface area contributed by atoms with Gasteiger partial charge in [0.25, 0.3) is 0 Å². The van der Waals surface area contributed by atoms with E-state index >= 15 is 0 Å². The van der Waals surface area contributed by atoms with Crippen LogP contribution in [0.1, 0.15) is 42.3 Å². The van der Waals surface area contributed by atoms with Crippen molar-refractivity contribution in [3.8, 4) is 11.1 Å². The number of carbonyl (C=O) groups is 1. The summed E-state index contributed by atoms with van der Waals surface area (Å²) in [4.78, 5) is 11.4. The van der Waals surface area contributed by atoms with Gasteiger partial charge in [-0.05, 0) is 40.7 Å². The molecule has 2 nitrogen and oxygen atoms in total. The van der Waals surface area contributed by atoms with Crippen LogP contribution in [0.4, 0.5) is 0 Å². The molecular formula is C18H20O2. The second-order valence-electron chi connectivity index (χ2n) is 6.13. The Hall–Kier alpha value is -2.09. The van der Waals surface area contributed by atoms with Crippen molar-refractivity contribution in [3.05, 3.63) is 59.2 Å². The zero-order valence-electron chi connectivity index (χ0n) is 12.4. The van der Waals surface area contributed by atoms with Crippen molar-refractivity contribution < 1.29 is 9.90 Å². The molecule has 0 amide bonds. The fourth-order valence-corrected chi connectivity index (χ4v) is 2.37. The van der Waals surface area contributed by atoms with Crippen LogP contribution in [0.25, 0.3) is 11.1 Å². The molecule has 0 aliphatic heterocycles. The molecule has 0 radical (unpaired) electrons. The van der Waals surface area contributed by atoms with Gasteiger partial charge in [0.15, 0.2) is 0 Å². The molecule has 0 aliphatic rings. The summed E-state index contributed by atoms with van der Waals surface area (Å²) in [6, 6.07) is 13.6. The summed E-state index contributed by atoms with van der Waals surface area (Å²) < 4.78 is 0. The zero-order valence-corrected chi connectivity index (χ0v) is 12.4. The molecule has 0 saturated carbocycles. The molecule has 0 bridgehead atoms. The smallest absolute Gasteiger partial charge is 0.336 e. The van der Waals surface area contributed by atoms with Crippen molar-refractivity contribution in [2.75, 3.05) is 0 Å². The number of aromatic carboxylic acids is 1. The van der Waals surface area contributed by atoms with E-state index in [0.717, 1.165) is 16.7 Å². The van der Waals surface area contributed by atoms with Crippen molar-refractivity contribution in [1.82, 2.24) is 0 Å². The molecule has 2 heteroatoms. The number of hydrogen-bond donors (Lipinski definition) is 1. The molecular weight excluding hydrogens is 248 g/mol. The van der Waals surface area contributed by atoms with Crippen LogP contribution in [0.15, 0.2) is 42.5 Å². The minimum absolute atomic E-state index is 0.0971. The lowest BCUT2D eigenvalue weighted by atomic mass is 9.85. The average Bonchev–Trinajstić information content (AvgIpc) is 2.37. The minimum atomic E-state index is -0.886. The van der Waals surface area contributed by atoms with E-state index in [1.54, 1.807) is 12.1 Å². The topological polar surface area (TPSA) is 37.3 Å². The van der Waals surface area contributed by atoms with Crippen LogP contribution in [0.3, 0.4) is 0 Å². The molecule has 1 N–H and O–H groups in total. The van der Waals surface area contributed by atoms with Crippen LogP contribution in [0.2, 0.25) is 0 Å². The number of rotatable bonds is 2. The van der Waals surface area contributed by atoms with Crippen LogP contribution in [-0.4, -0.2) is 11.1 Å². The molecule has 0 atom stereocenters. The van der Waals surface area contributed by atoms with Crippen LogP contribution >= 0.6 is 0 Å². The van der Waals surface area contributed by atoms with E-state index < -0.39 is 5.97 Å². The molecule has 20 heavy (non-hydrogen) atoms. The van der Waals surface area contributed by atoms with Gasteiger partial charge >= 0.3 is 5.97 Å². The van der Waals surface area contributed by atoms with Crippen LogP contribution < -0.4 is 0 Å². The summed E-state index contributed by atoms with van der Waals surface area (Å²) >= 11 is 0. The highest BCUT2D eigenvalue weighted by molar-refractivity contribution is 5.97. The highest BCUT2D eigenvalue weighted by Gasteiger charge is 2.16. The summed E-state index contributed by atoms with van der Waals surface area (Å²) in [6.45, 7) is 8.44. The number of hydrogen-bond acceptors (Lipinski definition) is 1. The number of carboxylic acid groups (broad SMARTS) is 1. The third-order valence-electron chi connectivity index (χ3n) is 3.54. The van der Waals surface area contributed by atoms with E-state index in [-0.39, 0.29) is 5.41 Å². The van der Waals surface area contributed by atoms with Gasteiger partial charge in [0.1, 0.15) is 0 Å². The van der Waals surface area contributed by atoms with Gasteiger partial charge in [-0.2, -0.15) is 0 Å². The molecule has 0 spiro atoms. The Morgan fingerprint density at radius 3 is 2.10 bits per heavy atom. The Labute approximate surface area is 120 Å². The first-order chi connectivity index (χ1) is 9.30. The maximum atomic E-state index is 11.4. The van der Waals surface area contributed by atoms with Crippen molar-refractivity contribution >= 4 is 5.97 Å². The monoisotopic (exact) mass is 268 g/mol. The van der Waals surface area contributed by atoms with Crippen molar-refractivity contribution in [3.63, 3.8) is 0 Å². The summed E-state index contributed by atoms with van der Waals surface area (Å²) in [6.07, 6.45) is 0. The van der Waals surface area contributed by atoms with Gasteiger partial charge in [-0.1, -0.05) is 57.2 Å². The van der Waals surface area contributed by atoms with Gasteiger partial charge in [-0.15, -0.1) is 0 Å². The molecule has 0 unspecified atom stereocenters. The lowest BCUT2D eigenvalue weighted by molar-refractivity contribution is 0.0697. The third-order valence-corrected chi connectivity index (χ3v) is 3.54. The second-order valence-corrected chi connectivity index (χ2v) is 6.13. The van der Waals surface area contributed by atoms with Gasteiger partial charge in [0.2, 0.25) is 0 Å². The Morgan fingerprint density at radius 1 is 1.00 bits per heavy atom. The maximum absolute atomic E-state index is 11.4. The Morgan fingerprint density at radius 2 is 1.60 bits per heavy atom. The van der Waals surface area contributed by atoms with E-state index in [1.807, 2.05) is 25.1 Å². The average molecular weight is 268 g/mol. The highest BCUT2D eigenvalue weighted by atomic mass is 16.4. The number of carboxylic acids is 1. The molecule has 2 aromatic rings. The van der Waals surface area contributed by atoms with Crippen molar-refractivity contribution in [2.45, 2.75) is 33.1 Å². The standard InChI is InChI=1S/C18H20O2/c1-12-6-5-7-15(17(19)20)16(12)13-8-10-14(11-9-13)18(2,3)4/h5-11H,1-4H3,(H,19,20). The fourth-order valence-electron chi connectivity index (χ4n) is 2.37. The van der Waals surface area contributed by atoms with Gasteiger partial charge < -0.3 is 5.11 Å². The Kier molecular flexibility index (Phi) is 3.67. The summed E-state index contributed by atoms with van der Waals surface area (Å²) in [5.74, 6) is -0.886. The predicted molar refractivity (Wildman–Crippen MR) is 82.3 cm³/mol. The fraction of sp³-hybridized carbons (Fsp3) is 0.278.